The molecular formula is C36H53N5O4. The Bertz CT molecular complexity index is 1440. The molecule has 2 aromatic rings. The van der Waals surface area contributed by atoms with Gasteiger partial charge in [-0.2, -0.15) is 0 Å². The predicted octanol–water partition coefficient (Wildman–Crippen LogP) is 6.10. The first-order valence-electron chi connectivity index (χ1n) is 17.6. The summed E-state index contributed by atoms with van der Waals surface area (Å²) in [6, 6.07) is 9.58. The molecule has 0 radical (unpaired) electrons. The first-order chi connectivity index (χ1) is 21.8. The van der Waals surface area contributed by atoms with Gasteiger partial charge in [0, 0.05) is 37.1 Å². The maximum Gasteiger partial charge on any atom is 0.303 e. The summed E-state index contributed by atoms with van der Waals surface area (Å²) < 4.78 is 1.99. The SMILES string of the molecule is CCC1CC(N2C3CCCC2CC(n2c(=O)c(/C(CCC(=O)O)=N/OCCCN(C)C)nc4ccccc42)C3)CC2CC12CC. The number of oxime groups is 1. The van der Waals surface area contributed by atoms with Crippen LogP contribution in [0.25, 0.3) is 11.0 Å². The zero-order valence-corrected chi connectivity index (χ0v) is 27.8. The van der Waals surface area contributed by atoms with Crippen LogP contribution in [-0.4, -0.2) is 81.5 Å². The molecular weight excluding hydrogens is 566 g/mol. The Kier molecular flexibility index (Phi) is 9.67. The molecule has 45 heavy (non-hydrogen) atoms. The second kappa shape index (κ2) is 13.5. The highest BCUT2D eigenvalue weighted by molar-refractivity contribution is 6.00. The molecule has 2 saturated heterocycles. The lowest BCUT2D eigenvalue weighted by molar-refractivity contribution is -0.136. The summed E-state index contributed by atoms with van der Waals surface area (Å²) in [6.07, 6.45) is 13.0. The number of para-hydroxylation sites is 2. The second-order valence-corrected chi connectivity index (χ2v) is 14.6. The Balaban J connectivity index is 1.30. The first kappa shape index (κ1) is 32.2. The number of piperidine rings is 2. The number of aromatic nitrogens is 2. The van der Waals surface area contributed by atoms with Crippen LogP contribution in [-0.2, 0) is 9.63 Å². The lowest BCUT2D eigenvalue weighted by atomic mass is 9.71. The van der Waals surface area contributed by atoms with E-state index >= 15 is 0 Å². The number of hydrogen-bond donors (Lipinski definition) is 1. The van der Waals surface area contributed by atoms with Crippen molar-refractivity contribution in [3.63, 3.8) is 0 Å². The molecule has 6 unspecified atom stereocenters. The van der Waals surface area contributed by atoms with Crippen LogP contribution in [0.4, 0.5) is 0 Å². The summed E-state index contributed by atoms with van der Waals surface area (Å²) >= 11 is 0. The lowest BCUT2D eigenvalue weighted by Crippen LogP contribution is -2.58. The van der Waals surface area contributed by atoms with Crippen molar-refractivity contribution in [1.29, 1.82) is 0 Å². The number of nitrogens with zero attached hydrogens (tertiary/aromatic N) is 5. The number of fused-ring (bicyclic) bond motifs is 4. The van der Waals surface area contributed by atoms with Crippen LogP contribution in [0.3, 0.4) is 0 Å². The number of carbonyl (C=O) groups is 1. The van der Waals surface area contributed by atoms with E-state index < -0.39 is 5.97 Å². The van der Waals surface area contributed by atoms with Crippen LogP contribution in [0.1, 0.15) is 109 Å². The van der Waals surface area contributed by atoms with E-state index in [1.54, 1.807) is 0 Å². The van der Waals surface area contributed by atoms with Crippen molar-refractivity contribution in [1.82, 2.24) is 19.4 Å². The molecule has 0 spiro atoms. The van der Waals surface area contributed by atoms with Crippen LogP contribution in [0.2, 0.25) is 0 Å². The summed E-state index contributed by atoms with van der Waals surface area (Å²) in [6.45, 7) is 6.04. The number of carboxylic acid groups (broad SMARTS) is 1. The molecule has 246 valence electrons. The summed E-state index contributed by atoms with van der Waals surface area (Å²) in [5.74, 6) is 0.798. The van der Waals surface area contributed by atoms with Gasteiger partial charge in [0.2, 0.25) is 0 Å². The van der Waals surface area contributed by atoms with Gasteiger partial charge >= 0.3 is 5.97 Å². The Labute approximate surface area is 268 Å². The zero-order chi connectivity index (χ0) is 31.7. The standard InChI is InChI=1S/C36H53N5O4/c1-5-24-19-28(20-25-23-36(24,25)6-2)40-26-11-9-12-27(40)22-29(21-26)41-32-14-8-7-13-30(32)37-34(35(41)44)31(15-16-33(42)43)38-45-18-10-17-39(3)4/h7-8,13-14,24-29H,5-6,9-12,15-23H2,1-4H3,(H,42,43)/b38-31+. The van der Waals surface area contributed by atoms with Crippen LogP contribution in [0.15, 0.2) is 34.2 Å². The maximum absolute atomic E-state index is 14.4. The Morgan fingerprint density at radius 3 is 2.51 bits per heavy atom. The van der Waals surface area contributed by atoms with Gasteiger partial charge in [0.25, 0.3) is 5.56 Å². The molecule has 1 aromatic heterocycles. The number of hydrogen-bond acceptors (Lipinski definition) is 7. The average Bonchev–Trinajstić information content (AvgIpc) is 3.76. The fourth-order valence-corrected chi connectivity index (χ4v) is 9.65. The van der Waals surface area contributed by atoms with E-state index in [-0.39, 0.29) is 30.1 Å². The topological polar surface area (TPSA) is 100 Å². The summed E-state index contributed by atoms with van der Waals surface area (Å²) in [4.78, 5) is 41.4. The third-order valence-corrected chi connectivity index (χ3v) is 11.8. The maximum atomic E-state index is 14.4. The molecule has 2 saturated carbocycles. The van der Waals surface area contributed by atoms with Crippen molar-refractivity contribution in [2.45, 2.75) is 121 Å². The van der Waals surface area contributed by atoms with Crippen LogP contribution < -0.4 is 5.56 Å². The van der Waals surface area contributed by atoms with Gasteiger partial charge in [0.05, 0.1) is 17.5 Å². The highest BCUT2D eigenvalue weighted by Crippen LogP contribution is 2.67. The van der Waals surface area contributed by atoms with E-state index in [0.29, 0.717) is 35.9 Å². The molecule has 3 heterocycles. The van der Waals surface area contributed by atoms with Crippen LogP contribution >= 0.6 is 0 Å². The number of rotatable bonds is 13. The minimum absolute atomic E-state index is 0.0682. The van der Waals surface area contributed by atoms with Crippen molar-refractivity contribution in [3.8, 4) is 0 Å². The third kappa shape index (κ3) is 6.44. The summed E-state index contributed by atoms with van der Waals surface area (Å²) in [5, 5.41) is 13.8. The number of carboxylic acids is 1. The van der Waals surface area contributed by atoms with E-state index in [9.17, 15) is 14.7 Å². The monoisotopic (exact) mass is 619 g/mol. The third-order valence-electron chi connectivity index (χ3n) is 11.8. The van der Waals surface area contributed by atoms with E-state index in [4.69, 9.17) is 9.82 Å². The Hall–Kier alpha value is -2.78. The van der Waals surface area contributed by atoms with Crippen molar-refractivity contribution in [2.75, 3.05) is 27.2 Å². The molecule has 1 N–H and O–H groups in total. The van der Waals surface area contributed by atoms with Crippen molar-refractivity contribution in [3.05, 3.63) is 40.3 Å². The van der Waals surface area contributed by atoms with Crippen molar-refractivity contribution >= 4 is 22.7 Å². The zero-order valence-electron chi connectivity index (χ0n) is 27.8. The molecule has 2 aliphatic carbocycles. The molecule has 9 heteroatoms. The molecule has 6 atom stereocenters. The molecule has 2 bridgehead atoms. The van der Waals surface area contributed by atoms with Gasteiger partial charge < -0.3 is 19.4 Å². The van der Waals surface area contributed by atoms with Crippen LogP contribution in [0.5, 0.6) is 0 Å². The Morgan fingerprint density at radius 1 is 1.07 bits per heavy atom. The van der Waals surface area contributed by atoms with Crippen molar-refractivity contribution < 1.29 is 14.7 Å². The van der Waals surface area contributed by atoms with Gasteiger partial charge in [-0.15, -0.1) is 0 Å². The van der Waals surface area contributed by atoms with Crippen LogP contribution in [0, 0.1) is 17.3 Å². The fraction of sp³-hybridized carbons (Fsp3) is 0.722. The minimum Gasteiger partial charge on any atom is -0.481 e. The van der Waals surface area contributed by atoms with Gasteiger partial charge in [-0.1, -0.05) is 44.0 Å². The van der Waals surface area contributed by atoms with Gasteiger partial charge in [0.1, 0.15) is 12.3 Å². The van der Waals surface area contributed by atoms with E-state index in [1.807, 2.05) is 42.9 Å². The fourth-order valence-electron chi connectivity index (χ4n) is 9.65. The van der Waals surface area contributed by atoms with Gasteiger partial charge in [-0.3, -0.25) is 14.5 Å². The van der Waals surface area contributed by atoms with E-state index in [0.717, 1.165) is 48.7 Å². The van der Waals surface area contributed by atoms with Gasteiger partial charge in [-0.05, 0) is 101 Å². The smallest absolute Gasteiger partial charge is 0.303 e. The molecule has 0 amide bonds. The Morgan fingerprint density at radius 2 is 1.82 bits per heavy atom. The van der Waals surface area contributed by atoms with E-state index in [1.165, 1.54) is 51.4 Å². The van der Waals surface area contributed by atoms with Gasteiger partial charge in [0.15, 0.2) is 5.69 Å². The molecule has 4 aliphatic rings. The lowest BCUT2D eigenvalue weighted by Gasteiger charge is -2.54. The summed E-state index contributed by atoms with van der Waals surface area (Å²) in [7, 11) is 4.01. The predicted molar refractivity (Wildman–Crippen MR) is 178 cm³/mol. The minimum atomic E-state index is -0.938. The van der Waals surface area contributed by atoms with E-state index in [2.05, 4.69) is 28.8 Å². The normalized spacial score (nSPS) is 31.6. The molecule has 4 fully saturated rings. The second-order valence-electron chi connectivity index (χ2n) is 14.6. The highest BCUT2D eigenvalue weighted by atomic mass is 16.6. The molecule has 2 aliphatic heterocycles. The number of benzene rings is 1. The first-order valence-corrected chi connectivity index (χ1v) is 17.6. The molecule has 1 aromatic carbocycles. The quantitative estimate of drug-likeness (QED) is 0.164. The highest BCUT2D eigenvalue weighted by Gasteiger charge is 2.61. The largest absolute Gasteiger partial charge is 0.481 e. The molecule has 6 rings (SSSR count). The van der Waals surface area contributed by atoms with Crippen molar-refractivity contribution in [2.24, 2.45) is 22.4 Å². The number of aliphatic carboxylic acids is 1. The molecule has 9 nitrogen and oxygen atoms in total. The van der Waals surface area contributed by atoms with Gasteiger partial charge in [-0.25, -0.2) is 4.98 Å². The average molecular weight is 620 g/mol. The summed E-state index contributed by atoms with van der Waals surface area (Å²) in [5.41, 5.74) is 2.56.